The number of aromatic nitrogens is 1. The maximum Gasteiger partial charge on any atom is 0.342 e. The predicted molar refractivity (Wildman–Crippen MR) is 84.8 cm³/mol. The predicted octanol–water partition coefficient (Wildman–Crippen LogP) is 2.94. The summed E-state index contributed by atoms with van der Waals surface area (Å²) in [6.45, 7) is 12.3. The van der Waals surface area contributed by atoms with Gasteiger partial charge >= 0.3 is 5.97 Å². The normalized spacial score (nSPS) is 12.0. The number of rotatable bonds is 4. The van der Waals surface area contributed by atoms with Crippen LogP contribution in [0.15, 0.2) is 23.1 Å². The molecule has 0 bridgehead atoms. The fourth-order valence-electron chi connectivity index (χ4n) is 2.37. The van der Waals surface area contributed by atoms with Gasteiger partial charge in [-0.2, -0.15) is 0 Å². The number of nitrogens with zero attached hydrogens (tertiary/aromatic N) is 1. The molecular weight excluding hydrogens is 268 g/mol. The Kier molecular flexibility index (Phi) is 6.21. The molecule has 0 fully saturated rings. The van der Waals surface area contributed by atoms with Crippen molar-refractivity contribution < 1.29 is 9.53 Å². The van der Waals surface area contributed by atoms with Gasteiger partial charge in [-0.25, -0.2) is 4.79 Å². The Morgan fingerprint density at radius 2 is 2.14 bits per heavy atom. The van der Waals surface area contributed by atoms with Crippen LogP contribution in [0.5, 0.6) is 0 Å². The van der Waals surface area contributed by atoms with E-state index in [2.05, 4.69) is 11.9 Å². The molecule has 0 unspecified atom stereocenters. The Hall–Kier alpha value is -2.04. The fraction of sp³-hybridized carbons (Fsp3) is 0.500. The largest absolute Gasteiger partial charge is 0.462 e. The highest BCUT2D eigenvalue weighted by Crippen LogP contribution is 2.25. The summed E-state index contributed by atoms with van der Waals surface area (Å²) in [4.78, 5) is 24.1. The molecule has 1 N–H and O–H groups in total. The van der Waals surface area contributed by atoms with Gasteiger partial charge in [0.2, 0.25) is 0 Å². The Labute approximate surface area is 125 Å². The highest BCUT2D eigenvalue weighted by atomic mass is 16.5. The van der Waals surface area contributed by atoms with Crippen molar-refractivity contribution in [2.75, 3.05) is 11.9 Å². The smallest absolute Gasteiger partial charge is 0.342 e. The lowest BCUT2D eigenvalue weighted by atomic mass is 10.1. The summed E-state index contributed by atoms with van der Waals surface area (Å²) >= 11 is 0. The zero-order valence-electron chi connectivity index (χ0n) is 13.3. The summed E-state index contributed by atoms with van der Waals surface area (Å²) in [5, 5.41) is 2.97. The lowest BCUT2D eigenvalue weighted by Crippen LogP contribution is -2.24. The zero-order valence-corrected chi connectivity index (χ0v) is 13.3. The molecule has 1 aromatic heterocycles. The summed E-state index contributed by atoms with van der Waals surface area (Å²) in [7, 11) is 0. The second kappa shape index (κ2) is 7.67. The number of anilines is 1. The minimum absolute atomic E-state index is 0.0932. The quantitative estimate of drug-likeness (QED) is 0.867. The topological polar surface area (TPSA) is 60.3 Å². The van der Waals surface area contributed by atoms with E-state index in [-0.39, 0.29) is 5.56 Å². The summed E-state index contributed by atoms with van der Waals surface area (Å²) in [6, 6.07) is 1.44. The zero-order chi connectivity index (χ0) is 16.0. The first kappa shape index (κ1) is 17.0. The van der Waals surface area contributed by atoms with Crippen LogP contribution in [-0.2, 0) is 17.7 Å². The number of allylic oxidation sites excluding steroid dienone is 1. The molecule has 21 heavy (non-hydrogen) atoms. The Bertz CT molecular complexity index is 588. The number of pyridine rings is 1. The van der Waals surface area contributed by atoms with Crippen LogP contribution in [0.1, 0.15) is 50.2 Å². The number of carbonyl (C=O) groups is 1. The number of esters is 1. The van der Waals surface area contributed by atoms with E-state index in [9.17, 15) is 9.59 Å². The number of nitrogens with one attached hydrogen (secondary N) is 1. The summed E-state index contributed by atoms with van der Waals surface area (Å²) < 4.78 is 6.74. The number of hydrogen-bond donors (Lipinski definition) is 1. The van der Waals surface area contributed by atoms with E-state index in [0.29, 0.717) is 30.1 Å². The molecule has 5 nitrogen and oxygen atoms in total. The van der Waals surface area contributed by atoms with Crippen LogP contribution in [0.25, 0.3) is 0 Å². The van der Waals surface area contributed by atoms with Crippen LogP contribution >= 0.6 is 0 Å². The number of fused-ring (bicyclic) bond motifs is 1. The van der Waals surface area contributed by atoms with Crippen molar-refractivity contribution in [1.82, 2.24) is 4.57 Å². The molecule has 1 aromatic rings. The standard InChI is InChI=1S/C14H18N2O3.C2H6/c1-4-19-14(18)13-10(15-9(2)3)8-12(17)16-7-5-6-11(13)16;1-2/h8,15H,2,4-7H2,1,3H3;1-2H3. The van der Waals surface area contributed by atoms with Crippen molar-refractivity contribution in [2.24, 2.45) is 0 Å². The van der Waals surface area contributed by atoms with Crippen molar-refractivity contribution in [1.29, 1.82) is 0 Å². The van der Waals surface area contributed by atoms with Crippen molar-refractivity contribution in [3.63, 3.8) is 0 Å². The highest BCUT2D eigenvalue weighted by molar-refractivity contribution is 5.97. The van der Waals surface area contributed by atoms with Gasteiger partial charge < -0.3 is 14.6 Å². The van der Waals surface area contributed by atoms with Crippen LogP contribution in [0, 0.1) is 0 Å². The van der Waals surface area contributed by atoms with Gasteiger partial charge in [0.1, 0.15) is 5.56 Å². The minimum atomic E-state index is -0.392. The first-order chi connectivity index (χ1) is 10.0. The van der Waals surface area contributed by atoms with Gasteiger partial charge in [-0.1, -0.05) is 20.4 Å². The average molecular weight is 292 g/mol. The van der Waals surface area contributed by atoms with Crippen LogP contribution in [0.2, 0.25) is 0 Å². The first-order valence-corrected chi connectivity index (χ1v) is 7.41. The monoisotopic (exact) mass is 292 g/mol. The number of hydrogen-bond acceptors (Lipinski definition) is 4. The molecule has 0 saturated heterocycles. The minimum Gasteiger partial charge on any atom is -0.462 e. The summed E-state index contributed by atoms with van der Waals surface area (Å²) in [5.41, 5.74) is 2.29. The summed E-state index contributed by atoms with van der Waals surface area (Å²) in [6.07, 6.45) is 1.59. The maximum atomic E-state index is 12.1. The van der Waals surface area contributed by atoms with Crippen LogP contribution in [0.4, 0.5) is 5.69 Å². The third-order valence-electron chi connectivity index (χ3n) is 3.04. The van der Waals surface area contributed by atoms with Gasteiger partial charge in [-0.3, -0.25) is 4.79 Å². The van der Waals surface area contributed by atoms with E-state index in [4.69, 9.17) is 4.74 Å². The van der Waals surface area contributed by atoms with E-state index in [0.717, 1.165) is 18.5 Å². The molecule has 2 heterocycles. The van der Waals surface area contributed by atoms with Gasteiger partial charge in [0.05, 0.1) is 12.3 Å². The van der Waals surface area contributed by atoms with Crippen LogP contribution < -0.4 is 10.9 Å². The van der Waals surface area contributed by atoms with Gasteiger partial charge in [-0.15, -0.1) is 0 Å². The van der Waals surface area contributed by atoms with Crippen LogP contribution in [0.3, 0.4) is 0 Å². The maximum absolute atomic E-state index is 12.1. The molecule has 0 saturated carbocycles. The van der Waals surface area contributed by atoms with Crippen LogP contribution in [-0.4, -0.2) is 17.1 Å². The molecule has 5 heteroatoms. The van der Waals surface area contributed by atoms with E-state index >= 15 is 0 Å². The fourth-order valence-corrected chi connectivity index (χ4v) is 2.37. The van der Waals surface area contributed by atoms with Gasteiger partial charge in [0.15, 0.2) is 0 Å². The molecular formula is C16H24N2O3. The van der Waals surface area contributed by atoms with Crippen molar-refractivity contribution in [3.05, 3.63) is 40.0 Å². The van der Waals surface area contributed by atoms with E-state index in [1.54, 1.807) is 18.4 Å². The van der Waals surface area contributed by atoms with Gasteiger partial charge in [0.25, 0.3) is 5.56 Å². The van der Waals surface area contributed by atoms with Crippen molar-refractivity contribution in [2.45, 2.75) is 47.1 Å². The second-order valence-electron chi connectivity index (χ2n) is 4.60. The van der Waals surface area contributed by atoms with Gasteiger partial charge in [0, 0.05) is 24.0 Å². The van der Waals surface area contributed by atoms with Crippen molar-refractivity contribution >= 4 is 11.7 Å². The van der Waals surface area contributed by atoms with E-state index in [1.807, 2.05) is 13.8 Å². The molecule has 0 amide bonds. The first-order valence-electron chi connectivity index (χ1n) is 7.41. The highest BCUT2D eigenvalue weighted by Gasteiger charge is 2.25. The van der Waals surface area contributed by atoms with E-state index < -0.39 is 5.97 Å². The van der Waals surface area contributed by atoms with E-state index in [1.165, 1.54) is 6.07 Å². The van der Waals surface area contributed by atoms with Crippen molar-refractivity contribution in [3.8, 4) is 0 Å². The molecule has 0 aliphatic carbocycles. The molecule has 0 aromatic carbocycles. The molecule has 1 aliphatic rings. The Morgan fingerprint density at radius 3 is 2.71 bits per heavy atom. The lowest BCUT2D eigenvalue weighted by Gasteiger charge is -2.15. The number of carbonyl (C=O) groups excluding carboxylic acids is 1. The molecule has 1 aliphatic heterocycles. The molecule has 0 spiro atoms. The second-order valence-corrected chi connectivity index (χ2v) is 4.60. The molecule has 0 radical (unpaired) electrons. The Morgan fingerprint density at radius 1 is 1.48 bits per heavy atom. The SMILES string of the molecule is C=C(C)Nc1cc(=O)n2c(c1C(=O)OCC)CCC2.CC. The molecule has 116 valence electrons. The third kappa shape index (κ3) is 3.74. The van der Waals surface area contributed by atoms with Gasteiger partial charge in [-0.05, 0) is 26.7 Å². The molecule has 0 atom stereocenters. The lowest BCUT2D eigenvalue weighted by molar-refractivity contribution is 0.0525. The number of ether oxygens (including phenoxy) is 1. The summed E-state index contributed by atoms with van der Waals surface area (Å²) in [5.74, 6) is -0.392. The Balaban J connectivity index is 0.00000106. The average Bonchev–Trinajstić information content (AvgIpc) is 2.90. The molecule has 2 rings (SSSR count). The third-order valence-corrected chi connectivity index (χ3v) is 3.04.